The zero-order chi connectivity index (χ0) is 21.1. The number of benzene rings is 2. The van der Waals surface area contributed by atoms with E-state index in [2.05, 4.69) is 0 Å². The van der Waals surface area contributed by atoms with Gasteiger partial charge in [-0.2, -0.15) is 0 Å². The number of carbonyl (C=O) groups excluding carboxylic acids is 1. The average Bonchev–Trinajstić information content (AvgIpc) is 3.30. The first-order valence-corrected chi connectivity index (χ1v) is 10.7. The molecule has 1 aromatic heterocycles. The molecule has 30 heavy (non-hydrogen) atoms. The number of amides is 1. The predicted octanol–water partition coefficient (Wildman–Crippen LogP) is 4.44. The Hall–Kier alpha value is -3.03. The van der Waals surface area contributed by atoms with E-state index in [1.807, 2.05) is 60.7 Å². The number of rotatable bonds is 5. The van der Waals surface area contributed by atoms with Crippen molar-refractivity contribution in [2.75, 3.05) is 13.1 Å². The molecule has 1 N–H and O–H groups in total. The Kier molecular flexibility index (Phi) is 5.65. The van der Waals surface area contributed by atoms with Gasteiger partial charge in [-0.1, -0.05) is 72.0 Å². The molecule has 1 fully saturated rings. The highest BCUT2D eigenvalue weighted by Gasteiger charge is 2.42. The van der Waals surface area contributed by atoms with Gasteiger partial charge in [0, 0.05) is 19.2 Å². The zero-order valence-electron chi connectivity index (χ0n) is 16.3. The third kappa shape index (κ3) is 3.74. The van der Waals surface area contributed by atoms with Crippen LogP contribution in [0.15, 0.2) is 72.8 Å². The van der Waals surface area contributed by atoms with Gasteiger partial charge in [0.2, 0.25) is 0 Å². The summed E-state index contributed by atoms with van der Waals surface area (Å²) in [5, 5.41) is 22.8. The van der Waals surface area contributed by atoms with Gasteiger partial charge in [-0.15, -0.1) is 0 Å². The first-order chi connectivity index (χ1) is 14.5. The molecule has 4 rings (SSSR count). The lowest BCUT2D eigenvalue weighted by atomic mass is 9.72. The van der Waals surface area contributed by atoms with Gasteiger partial charge in [0.15, 0.2) is 0 Å². The van der Waals surface area contributed by atoms with Gasteiger partial charge in [0.05, 0.1) is 9.80 Å². The van der Waals surface area contributed by atoms with Crippen LogP contribution in [-0.4, -0.2) is 33.9 Å². The van der Waals surface area contributed by atoms with Crippen LogP contribution in [0.1, 0.15) is 33.6 Å². The molecule has 2 heterocycles. The van der Waals surface area contributed by atoms with E-state index in [0.717, 1.165) is 22.5 Å². The zero-order valence-corrected chi connectivity index (χ0v) is 17.1. The Bertz CT molecular complexity index is 988. The van der Waals surface area contributed by atoms with Gasteiger partial charge < -0.3 is 10.0 Å². The van der Waals surface area contributed by atoms with Crippen molar-refractivity contribution in [2.45, 2.75) is 18.4 Å². The van der Waals surface area contributed by atoms with Gasteiger partial charge >= 0.3 is 5.00 Å². The fraction of sp³-hybridized carbons (Fsp3) is 0.261. The van der Waals surface area contributed by atoms with E-state index >= 15 is 0 Å². The average molecular weight is 423 g/mol. The number of hydrogen-bond acceptors (Lipinski definition) is 5. The fourth-order valence-corrected chi connectivity index (χ4v) is 5.01. The normalized spacial score (nSPS) is 15.2. The number of piperidine rings is 1. The largest absolute Gasteiger partial charge is 0.380 e. The van der Waals surface area contributed by atoms with Gasteiger partial charge in [0.25, 0.3) is 5.91 Å². The molecule has 0 bridgehead atoms. The van der Waals surface area contributed by atoms with Gasteiger partial charge in [-0.3, -0.25) is 14.9 Å². The number of carbonyl (C=O) groups is 1. The molecule has 3 aromatic rings. The summed E-state index contributed by atoms with van der Waals surface area (Å²) in [4.78, 5) is 25.3. The first-order valence-electron chi connectivity index (χ1n) is 9.87. The van der Waals surface area contributed by atoms with Crippen molar-refractivity contribution in [3.8, 4) is 0 Å². The summed E-state index contributed by atoms with van der Waals surface area (Å²) in [7, 11) is 0. The molecule has 1 aliphatic rings. The lowest BCUT2D eigenvalue weighted by Gasteiger charge is -2.42. The van der Waals surface area contributed by atoms with Crippen LogP contribution >= 0.6 is 11.3 Å². The number of thiophene rings is 1. The van der Waals surface area contributed by atoms with Crippen LogP contribution in [-0.2, 0) is 5.60 Å². The fourth-order valence-electron chi connectivity index (χ4n) is 4.22. The number of likely N-dealkylation sites (tertiary alicyclic amines) is 1. The Balaban J connectivity index is 1.54. The molecule has 0 aliphatic carbocycles. The van der Waals surface area contributed by atoms with Crippen LogP contribution in [0.25, 0.3) is 0 Å². The number of aliphatic hydroxyl groups is 1. The SMILES string of the molecule is O=C(c1ccc([N+](=O)[O-])s1)N1CCC(C(O)(c2ccccc2)c2ccccc2)CC1. The second-order valence-electron chi connectivity index (χ2n) is 7.46. The molecular weight excluding hydrogens is 400 g/mol. The van der Waals surface area contributed by atoms with E-state index in [9.17, 15) is 20.0 Å². The minimum atomic E-state index is -1.14. The van der Waals surface area contributed by atoms with Crippen molar-refractivity contribution >= 4 is 22.2 Å². The van der Waals surface area contributed by atoms with Crippen LogP contribution < -0.4 is 0 Å². The lowest BCUT2D eigenvalue weighted by Crippen LogP contribution is -2.45. The number of hydrogen-bond donors (Lipinski definition) is 1. The maximum atomic E-state index is 12.8. The summed E-state index contributed by atoms with van der Waals surface area (Å²) in [5.74, 6) is -0.237. The first kappa shape index (κ1) is 20.3. The molecule has 6 nitrogen and oxygen atoms in total. The van der Waals surface area contributed by atoms with Crippen LogP contribution in [0.5, 0.6) is 0 Å². The molecule has 0 unspecified atom stereocenters. The lowest BCUT2D eigenvalue weighted by molar-refractivity contribution is -0.380. The minimum absolute atomic E-state index is 0.0317. The van der Waals surface area contributed by atoms with E-state index in [1.165, 1.54) is 12.1 Å². The highest BCUT2D eigenvalue weighted by molar-refractivity contribution is 7.17. The molecule has 0 radical (unpaired) electrons. The maximum absolute atomic E-state index is 12.8. The number of nitrogens with zero attached hydrogens (tertiary/aromatic N) is 2. The van der Waals surface area contributed by atoms with Crippen LogP contribution in [0.3, 0.4) is 0 Å². The Morgan fingerprint density at radius 2 is 1.50 bits per heavy atom. The quantitative estimate of drug-likeness (QED) is 0.487. The molecule has 1 amide bonds. The van der Waals surface area contributed by atoms with E-state index in [4.69, 9.17) is 0 Å². The standard InChI is InChI=1S/C23H22N2O4S/c26-22(20-11-12-21(30-20)25(28)29)24-15-13-19(14-16-24)23(27,17-7-3-1-4-8-17)18-9-5-2-6-10-18/h1-12,19,27H,13-16H2. The Labute approximate surface area is 178 Å². The minimum Gasteiger partial charge on any atom is -0.380 e. The molecule has 2 aromatic carbocycles. The van der Waals surface area contributed by atoms with Crippen molar-refractivity contribution in [1.29, 1.82) is 0 Å². The third-order valence-electron chi connectivity index (χ3n) is 5.78. The summed E-state index contributed by atoms with van der Waals surface area (Å²) in [5.41, 5.74) is 0.545. The predicted molar refractivity (Wildman–Crippen MR) is 115 cm³/mol. The highest BCUT2D eigenvalue weighted by atomic mass is 32.1. The smallest absolute Gasteiger partial charge is 0.324 e. The van der Waals surface area contributed by atoms with Gasteiger partial charge in [-0.25, -0.2) is 0 Å². The summed E-state index contributed by atoms with van der Waals surface area (Å²) >= 11 is 0.903. The number of nitro groups is 1. The maximum Gasteiger partial charge on any atom is 0.324 e. The molecule has 0 atom stereocenters. The van der Waals surface area contributed by atoms with E-state index in [1.54, 1.807) is 4.90 Å². The van der Waals surface area contributed by atoms with Crippen molar-refractivity contribution in [3.05, 3.63) is 98.9 Å². The molecule has 0 spiro atoms. The summed E-state index contributed by atoms with van der Waals surface area (Å²) in [6.45, 7) is 0.994. The van der Waals surface area contributed by atoms with Gasteiger partial charge in [0.1, 0.15) is 5.60 Å². The Morgan fingerprint density at radius 1 is 0.967 bits per heavy atom. The second kappa shape index (κ2) is 8.38. The summed E-state index contributed by atoms with van der Waals surface area (Å²) < 4.78 is 0. The molecule has 1 saturated heterocycles. The molecular formula is C23H22N2O4S. The van der Waals surface area contributed by atoms with Crippen molar-refractivity contribution in [2.24, 2.45) is 5.92 Å². The molecule has 0 saturated carbocycles. The molecule has 154 valence electrons. The van der Waals surface area contributed by atoms with Crippen LogP contribution in [0.4, 0.5) is 5.00 Å². The second-order valence-corrected chi connectivity index (χ2v) is 8.52. The molecule has 1 aliphatic heterocycles. The monoisotopic (exact) mass is 422 g/mol. The van der Waals surface area contributed by atoms with Crippen molar-refractivity contribution in [1.82, 2.24) is 4.90 Å². The Morgan fingerprint density at radius 3 is 1.97 bits per heavy atom. The summed E-state index contributed by atoms with van der Waals surface area (Å²) in [6, 6.07) is 22.2. The van der Waals surface area contributed by atoms with Crippen molar-refractivity contribution < 1.29 is 14.8 Å². The third-order valence-corrected chi connectivity index (χ3v) is 6.81. The van der Waals surface area contributed by atoms with E-state index in [-0.39, 0.29) is 16.8 Å². The van der Waals surface area contributed by atoms with Gasteiger partial charge in [-0.05, 0) is 36.0 Å². The summed E-state index contributed by atoms with van der Waals surface area (Å²) in [6.07, 6.45) is 1.28. The highest BCUT2D eigenvalue weighted by Crippen LogP contribution is 2.42. The van der Waals surface area contributed by atoms with Crippen LogP contribution in [0, 0.1) is 16.0 Å². The van der Waals surface area contributed by atoms with E-state index < -0.39 is 10.5 Å². The topological polar surface area (TPSA) is 83.7 Å². The van der Waals surface area contributed by atoms with Crippen molar-refractivity contribution in [3.63, 3.8) is 0 Å². The van der Waals surface area contributed by atoms with Crippen LogP contribution in [0.2, 0.25) is 0 Å². The van der Waals surface area contributed by atoms with E-state index in [0.29, 0.717) is 30.8 Å². The molecule has 7 heteroatoms.